The molecule has 6 nitrogen and oxygen atoms in total. The maximum absolute atomic E-state index is 12.5. The van der Waals surface area contributed by atoms with Gasteiger partial charge in [-0.1, -0.05) is 40.2 Å². The summed E-state index contributed by atoms with van der Waals surface area (Å²) in [5.74, 6) is 1.20. The monoisotopic (exact) mass is 426 g/mol. The number of amides is 1. The number of aromatic nitrogens is 2. The smallest absolute Gasteiger partial charge is 0.253 e. The van der Waals surface area contributed by atoms with Crippen LogP contribution < -0.4 is 0 Å². The molecule has 0 bridgehead atoms. The Morgan fingerprint density at radius 1 is 1.00 bits per heavy atom. The Hall–Kier alpha value is -2.51. The quantitative estimate of drug-likeness (QED) is 0.638. The van der Waals surface area contributed by atoms with E-state index < -0.39 is 0 Å². The third kappa shape index (κ3) is 4.26. The fourth-order valence-corrected chi connectivity index (χ4v) is 3.52. The molecular formula is C20H19BrN4O2. The zero-order chi connectivity index (χ0) is 18.6. The zero-order valence-electron chi connectivity index (χ0n) is 14.7. The topological polar surface area (TPSA) is 62.5 Å². The highest BCUT2D eigenvalue weighted by Crippen LogP contribution is 2.22. The molecule has 0 atom stereocenters. The molecule has 138 valence electrons. The number of rotatable bonds is 4. The lowest BCUT2D eigenvalue weighted by atomic mass is 10.2. The van der Waals surface area contributed by atoms with Crippen LogP contribution in [0, 0.1) is 0 Å². The van der Waals surface area contributed by atoms with Gasteiger partial charge in [0, 0.05) is 41.8 Å². The summed E-state index contributed by atoms with van der Waals surface area (Å²) in [5.41, 5.74) is 1.63. The summed E-state index contributed by atoms with van der Waals surface area (Å²) in [5, 5.41) is 8.31. The molecule has 27 heavy (non-hydrogen) atoms. The first-order valence-electron chi connectivity index (χ1n) is 8.84. The second-order valence-electron chi connectivity index (χ2n) is 6.45. The van der Waals surface area contributed by atoms with Crippen molar-refractivity contribution >= 4 is 21.8 Å². The van der Waals surface area contributed by atoms with Crippen molar-refractivity contribution in [3.8, 4) is 11.5 Å². The van der Waals surface area contributed by atoms with Crippen LogP contribution in [0.15, 0.2) is 63.5 Å². The lowest BCUT2D eigenvalue weighted by Crippen LogP contribution is -2.48. The van der Waals surface area contributed by atoms with Gasteiger partial charge in [-0.25, -0.2) is 0 Å². The number of carbonyl (C=O) groups is 1. The molecule has 0 spiro atoms. The first-order valence-corrected chi connectivity index (χ1v) is 9.63. The molecule has 1 amide bonds. The average Bonchev–Trinajstić information content (AvgIpc) is 3.17. The molecule has 2 heterocycles. The molecule has 7 heteroatoms. The summed E-state index contributed by atoms with van der Waals surface area (Å²) in [6, 6.07) is 17.2. The first-order chi connectivity index (χ1) is 13.2. The fraction of sp³-hybridized carbons (Fsp3) is 0.250. The van der Waals surface area contributed by atoms with Gasteiger partial charge in [0.15, 0.2) is 0 Å². The molecule has 4 rings (SSSR count). The van der Waals surface area contributed by atoms with E-state index >= 15 is 0 Å². The largest absolute Gasteiger partial charge is 0.419 e. The lowest BCUT2D eigenvalue weighted by Gasteiger charge is -2.34. The highest BCUT2D eigenvalue weighted by Gasteiger charge is 2.23. The van der Waals surface area contributed by atoms with Crippen molar-refractivity contribution in [2.75, 3.05) is 26.2 Å². The lowest BCUT2D eigenvalue weighted by molar-refractivity contribution is 0.0618. The maximum Gasteiger partial charge on any atom is 0.253 e. The minimum absolute atomic E-state index is 0.0879. The van der Waals surface area contributed by atoms with Crippen molar-refractivity contribution < 1.29 is 9.21 Å². The summed E-state index contributed by atoms with van der Waals surface area (Å²) in [6.45, 7) is 3.55. The van der Waals surface area contributed by atoms with Gasteiger partial charge >= 0.3 is 0 Å². The molecule has 0 unspecified atom stereocenters. The summed E-state index contributed by atoms with van der Waals surface area (Å²) in [6.07, 6.45) is 0. The molecule has 0 radical (unpaired) electrons. The van der Waals surface area contributed by atoms with Gasteiger partial charge < -0.3 is 9.32 Å². The van der Waals surface area contributed by atoms with E-state index in [1.54, 1.807) is 0 Å². The van der Waals surface area contributed by atoms with Gasteiger partial charge in [-0.2, -0.15) is 0 Å². The SMILES string of the molecule is O=C(c1ccccc1)N1CCN(Cc2nnc(-c3cccc(Br)c3)o2)CC1. The van der Waals surface area contributed by atoms with Crippen molar-refractivity contribution in [2.45, 2.75) is 6.54 Å². The van der Waals surface area contributed by atoms with E-state index in [0.29, 0.717) is 31.4 Å². The molecule has 1 fully saturated rings. The van der Waals surface area contributed by atoms with Crippen molar-refractivity contribution in [1.29, 1.82) is 0 Å². The highest BCUT2D eigenvalue weighted by atomic mass is 79.9. The summed E-state index contributed by atoms with van der Waals surface area (Å²) >= 11 is 3.45. The van der Waals surface area contributed by atoms with E-state index in [4.69, 9.17) is 4.42 Å². The predicted octanol–water partition coefficient (Wildman–Crippen LogP) is 3.46. The summed E-state index contributed by atoms with van der Waals surface area (Å²) < 4.78 is 6.78. The molecule has 3 aromatic rings. The van der Waals surface area contributed by atoms with Crippen LogP contribution in [-0.2, 0) is 6.54 Å². The summed E-state index contributed by atoms with van der Waals surface area (Å²) in [7, 11) is 0. The van der Waals surface area contributed by atoms with Crippen LogP contribution >= 0.6 is 15.9 Å². The van der Waals surface area contributed by atoms with Crippen molar-refractivity contribution in [3.05, 3.63) is 70.5 Å². The first kappa shape index (κ1) is 17.9. The molecule has 1 saturated heterocycles. The normalized spacial score (nSPS) is 15.1. The Morgan fingerprint density at radius 3 is 2.52 bits per heavy atom. The van der Waals surface area contributed by atoms with Gasteiger partial charge in [0.2, 0.25) is 11.8 Å². The number of hydrogen-bond donors (Lipinski definition) is 0. The third-order valence-electron chi connectivity index (χ3n) is 4.58. The van der Waals surface area contributed by atoms with Crippen molar-refractivity contribution in [2.24, 2.45) is 0 Å². The van der Waals surface area contributed by atoms with Gasteiger partial charge in [-0.15, -0.1) is 10.2 Å². The molecule has 0 aliphatic carbocycles. The zero-order valence-corrected chi connectivity index (χ0v) is 16.3. The van der Waals surface area contributed by atoms with Crippen LogP contribution in [0.25, 0.3) is 11.5 Å². The summed E-state index contributed by atoms with van der Waals surface area (Å²) in [4.78, 5) is 16.6. The van der Waals surface area contributed by atoms with Gasteiger partial charge in [-0.3, -0.25) is 9.69 Å². The van der Waals surface area contributed by atoms with E-state index in [9.17, 15) is 4.79 Å². The Morgan fingerprint density at radius 2 is 1.78 bits per heavy atom. The van der Waals surface area contributed by atoms with Crippen LogP contribution in [0.4, 0.5) is 0 Å². The van der Waals surface area contributed by atoms with Gasteiger partial charge in [0.05, 0.1) is 6.54 Å². The van der Waals surface area contributed by atoms with Crippen LogP contribution in [0.3, 0.4) is 0 Å². The van der Waals surface area contributed by atoms with E-state index in [-0.39, 0.29) is 5.91 Å². The van der Waals surface area contributed by atoms with Crippen LogP contribution in [0.5, 0.6) is 0 Å². The van der Waals surface area contributed by atoms with Crippen LogP contribution in [-0.4, -0.2) is 52.1 Å². The minimum atomic E-state index is 0.0879. The molecular weight excluding hydrogens is 408 g/mol. The number of benzene rings is 2. The molecule has 1 aromatic heterocycles. The predicted molar refractivity (Wildman–Crippen MR) is 105 cm³/mol. The maximum atomic E-state index is 12.5. The van der Waals surface area contributed by atoms with Gasteiger partial charge in [0.1, 0.15) is 0 Å². The fourth-order valence-electron chi connectivity index (χ4n) is 3.12. The second-order valence-corrected chi connectivity index (χ2v) is 7.36. The average molecular weight is 427 g/mol. The van der Waals surface area contributed by atoms with Crippen LogP contribution in [0.2, 0.25) is 0 Å². The molecule has 0 saturated carbocycles. The Bertz CT molecular complexity index is 920. The third-order valence-corrected chi connectivity index (χ3v) is 5.07. The molecule has 0 N–H and O–H groups in total. The van der Waals surface area contributed by atoms with Crippen molar-refractivity contribution in [1.82, 2.24) is 20.0 Å². The number of halogens is 1. The number of piperazine rings is 1. The Kier molecular flexibility index (Phi) is 5.31. The van der Waals surface area contributed by atoms with Gasteiger partial charge in [-0.05, 0) is 30.3 Å². The molecule has 1 aliphatic rings. The van der Waals surface area contributed by atoms with Gasteiger partial charge in [0.25, 0.3) is 5.91 Å². The molecule has 1 aliphatic heterocycles. The van der Waals surface area contributed by atoms with E-state index in [2.05, 4.69) is 31.0 Å². The van der Waals surface area contributed by atoms with Crippen molar-refractivity contribution in [3.63, 3.8) is 0 Å². The van der Waals surface area contributed by atoms with Crippen LogP contribution in [0.1, 0.15) is 16.2 Å². The van der Waals surface area contributed by atoms with E-state index in [1.165, 1.54) is 0 Å². The Balaban J connectivity index is 1.34. The number of carbonyl (C=O) groups excluding carboxylic acids is 1. The molecule has 2 aromatic carbocycles. The highest BCUT2D eigenvalue weighted by molar-refractivity contribution is 9.10. The van der Waals surface area contributed by atoms with E-state index in [0.717, 1.165) is 28.7 Å². The standard InChI is InChI=1S/C20H19BrN4O2/c21-17-8-4-7-16(13-17)19-23-22-18(27-19)14-24-9-11-25(12-10-24)20(26)15-5-2-1-3-6-15/h1-8,13H,9-12,14H2. The van der Waals surface area contributed by atoms with E-state index in [1.807, 2.05) is 59.5 Å². The second kappa shape index (κ2) is 8.02. The number of nitrogens with zero attached hydrogens (tertiary/aromatic N) is 4. The number of hydrogen-bond acceptors (Lipinski definition) is 5. The Labute approximate surface area is 165 Å². The minimum Gasteiger partial charge on any atom is -0.419 e.